The van der Waals surface area contributed by atoms with Gasteiger partial charge in [-0.05, 0) is 48.0 Å². The van der Waals surface area contributed by atoms with E-state index in [-0.39, 0.29) is 6.04 Å². The minimum atomic E-state index is 0.141. The highest BCUT2D eigenvalue weighted by atomic mass is 16.3. The Balaban J connectivity index is 1.10. The van der Waals surface area contributed by atoms with Crippen LogP contribution in [0.15, 0.2) is 155 Å². The zero-order valence-electron chi connectivity index (χ0n) is 24.4. The normalized spacial score (nSPS) is 15.3. The average Bonchev–Trinajstić information content (AvgIpc) is 3.76. The van der Waals surface area contributed by atoms with E-state index in [2.05, 4.69) is 143 Å². The molecule has 9 aromatic rings. The SMILES string of the molecule is C1=CC(n2c3ccccc3c3ccccc32)CN=C1n1c2ccccc2c2cc(-c3cccc4c3oc3ccccc34)ccc21. The molecule has 4 heterocycles. The summed E-state index contributed by atoms with van der Waals surface area (Å²) >= 11 is 0. The molecule has 0 N–H and O–H groups in total. The Hall–Kier alpha value is -5.87. The summed E-state index contributed by atoms with van der Waals surface area (Å²) in [5.74, 6) is 0.963. The quantitative estimate of drug-likeness (QED) is 0.201. The first-order chi connectivity index (χ1) is 22.3. The summed E-state index contributed by atoms with van der Waals surface area (Å²) in [6.45, 7) is 0.675. The maximum absolute atomic E-state index is 6.40. The first-order valence-corrected chi connectivity index (χ1v) is 15.5. The molecule has 4 heteroatoms. The Kier molecular flexibility index (Phi) is 5.08. The second-order valence-corrected chi connectivity index (χ2v) is 11.9. The van der Waals surface area contributed by atoms with Gasteiger partial charge in [0.25, 0.3) is 0 Å². The average molecular weight is 578 g/mol. The molecule has 0 bridgehead atoms. The number of aromatic nitrogens is 2. The molecule has 0 saturated heterocycles. The molecule has 10 rings (SSSR count). The van der Waals surface area contributed by atoms with Crippen molar-refractivity contribution in [2.24, 2.45) is 4.99 Å². The first-order valence-electron chi connectivity index (χ1n) is 15.5. The van der Waals surface area contributed by atoms with Gasteiger partial charge < -0.3 is 8.98 Å². The summed E-state index contributed by atoms with van der Waals surface area (Å²) in [6.07, 6.45) is 4.52. The monoisotopic (exact) mass is 577 g/mol. The van der Waals surface area contributed by atoms with Crippen LogP contribution >= 0.6 is 0 Å². The molecule has 0 radical (unpaired) electrons. The molecule has 1 aliphatic rings. The molecule has 0 amide bonds. The lowest BCUT2D eigenvalue weighted by Gasteiger charge is -2.21. The Bertz CT molecular complexity index is 2640. The second kappa shape index (κ2) is 9.31. The van der Waals surface area contributed by atoms with E-state index >= 15 is 0 Å². The number of furan rings is 1. The third-order valence-electron chi connectivity index (χ3n) is 9.47. The maximum atomic E-state index is 6.40. The summed E-state index contributed by atoms with van der Waals surface area (Å²) in [6, 6.07) is 47.6. The van der Waals surface area contributed by atoms with Gasteiger partial charge in [-0.3, -0.25) is 9.56 Å². The fourth-order valence-electron chi connectivity index (χ4n) is 7.48. The number of hydrogen-bond donors (Lipinski definition) is 0. The summed E-state index contributed by atoms with van der Waals surface area (Å²) in [7, 11) is 0. The molecular weight excluding hydrogens is 550 g/mol. The summed E-state index contributed by atoms with van der Waals surface area (Å²) in [5, 5.41) is 7.28. The molecule has 0 aliphatic carbocycles. The fourth-order valence-corrected chi connectivity index (χ4v) is 7.48. The number of allylic oxidation sites excluding steroid dienone is 1. The molecule has 4 nitrogen and oxygen atoms in total. The number of nitrogens with zero attached hydrogens (tertiary/aromatic N) is 3. The number of fused-ring (bicyclic) bond motifs is 9. The van der Waals surface area contributed by atoms with Crippen molar-refractivity contribution < 1.29 is 4.42 Å². The van der Waals surface area contributed by atoms with Crippen molar-refractivity contribution >= 4 is 71.4 Å². The van der Waals surface area contributed by atoms with Gasteiger partial charge in [-0.2, -0.15) is 0 Å². The van der Waals surface area contributed by atoms with Crippen LogP contribution in [0.3, 0.4) is 0 Å². The molecule has 3 aromatic heterocycles. The van der Waals surface area contributed by atoms with Crippen LogP contribution < -0.4 is 0 Å². The number of rotatable bonds is 2. The van der Waals surface area contributed by atoms with Crippen molar-refractivity contribution in [3.05, 3.63) is 146 Å². The summed E-state index contributed by atoms with van der Waals surface area (Å²) in [4.78, 5) is 5.23. The molecule has 1 atom stereocenters. The van der Waals surface area contributed by atoms with E-state index in [0.29, 0.717) is 6.54 Å². The van der Waals surface area contributed by atoms with Crippen LogP contribution in [0, 0.1) is 0 Å². The highest BCUT2D eigenvalue weighted by Crippen LogP contribution is 2.39. The smallest absolute Gasteiger partial charge is 0.143 e. The van der Waals surface area contributed by atoms with Crippen LogP contribution in [-0.4, -0.2) is 21.5 Å². The fraction of sp³-hybridized carbons (Fsp3) is 0.0488. The van der Waals surface area contributed by atoms with Gasteiger partial charge in [-0.15, -0.1) is 0 Å². The van der Waals surface area contributed by atoms with Gasteiger partial charge in [0.05, 0.1) is 23.6 Å². The largest absolute Gasteiger partial charge is 0.455 e. The summed E-state index contributed by atoms with van der Waals surface area (Å²) < 4.78 is 11.2. The van der Waals surface area contributed by atoms with Crippen LogP contribution in [0.2, 0.25) is 0 Å². The third-order valence-corrected chi connectivity index (χ3v) is 9.47. The molecule has 6 aromatic carbocycles. The minimum absolute atomic E-state index is 0.141. The van der Waals surface area contributed by atoms with Gasteiger partial charge in [0.2, 0.25) is 0 Å². The predicted molar refractivity (Wildman–Crippen MR) is 187 cm³/mol. The van der Waals surface area contributed by atoms with Crippen molar-refractivity contribution in [3.8, 4) is 11.1 Å². The minimum Gasteiger partial charge on any atom is -0.455 e. The van der Waals surface area contributed by atoms with Crippen LogP contribution in [0.25, 0.3) is 76.7 Å². The van der Waals surface area contributed by atoms with E-state index in [4.69, 9.17) is 9.41 Å². The van der Waals surface area contributed by atoms with Crippen LogP contribution in [0.5, 0.6) is 0 Å². The molecular formula is C41H27N3O. The lowest BCUT2D eigenvalue weighted by atomic mass is 10.0. The van der Waals surface area contributed by atoms with Gasteiger partial charge in [-0.1, -0.05) is 103 Å². The Morgan fingerprint density at radius 1 is 0.556 bits per heavy atom. The lowest BCUT2D eigenvalue weighted by Crippen LogP contribution is -2.19. The van der Waals surface area contributed by atoms with Gasteiger partial charge in [0.1, 0.15) is 17.0 Å². The standard InChI is InChI=1S/C41H27N3O/c1-5-16-35-29(10-1)30-11-2-6-17-36(30)43(35)27-21-23-40(42-25-27)44-37-18-7-3-12-31(37)34-24-26(20-22-38(34)44)28-14-9-15-33-32-13-4-8-19-39(32)45-41(28)33/h1-24,27H,25H2. The molecule has 1 unspecified atom stereocenters. The van der Waals surface area contributed by atoms with Crippen molar-refractivity contribution in [2.75, 3.05) is 6.54 Å². The van der Waals surface area contributed by atoms with Gasteiger partial charge in [0.15, 0.2) is 0 Å². The van der Waals surface area contributed by atoms with E-state index < -0.39 is 0 Å². The van der Waals surface area contributed by atoms with E-state index in [1.165, 1.54) is 32.6 Å². The van der Waals surface area contributed by atoms with Crippen LogP contribution in [-0.2, 0) is 0 Å². The topological polar surface area (TPSA) is 35.4 Å². The number of hydrogen-bond acceptors (Lipinski definition) is 2. The van der Waals surface area contributed by atoms with Gasteiger partial charge >= 0.3 is 0 Å². The highest BCUT2D eigenvalue weighted by Gasteiger charge is 2.21. The molecule has 1 aliphatic heterocycles. The predicted octanol–water partition coefficient (Wildman–Crippen LogP) is 10.5. The lowest BCUT2D eigenvalue weighted by molar-refractivity contribution is 0.648. The van der Waals surface area contributed by atoms with Crippen molar-refractivity contribution in [1.82, 2.24) is 9.13 Å². The Morgan fingerprint density at radius 3 is 1.91 bits per heavy atom. The number of benzene rings is 6. The van der Waals surface area contributed by atoms with E-state index in [1.54, 1.807) is 0 Å². The molecule has 0 saturated carbocycles. The molecule has 45 heavy (non-hydrogen) atoms. The first kappa shape index (κ1) is 24.6. The number of dihydropyridines is 1. The second-order valence-electron chi connectivity index (χ2n) is 11.9. The van der Waals surface area contributed by atoms with Crippen molar-refractivity contribution in [3.63, 3.8) is 0 Å². The van der Waals surface area contributed by atoms with Crippen molar-refractivity contribution in [2.45, 2.75) is 6.04 Å². The molecule has 0 fully saturated rings. The van der Waals surface area contributed by atoms with Crippen LogP contribution in [0.4, 0.5) is 0 Å². The summed E-state index contributed by atoms with van der Waals surface area (Å²) in [5.41, 5.74) is 8.89. The zero-order chi connectivity index (χ0) is 29.5. The van der Waals surface area contributed by atoms with Crippen molar-refractivity contribution in [1.29, 1.82) is 0 Å². The van der Waals surface area contributed by atoms with Gasteiger partial charge in [-0.25, -0.2) is 0 Å². The highest BCUT2D eigenvalue weighted by molar-refractivity contribution is 6.18. The van der Waals surface area contributed by atoms with Crippen LogP contribution in [0.1, 0.15) is 6.04 Å². The number of para-hydroxylation sites is 5. The molecule has 0 spiro atoms. The van der Waals surface area contributed by atoms with Gasteiger partial charge in [0, 0.05) is 48.9 Å². The Morgan fingerprint density at radius 2 is 1.18 bits per heavy atom. The van der Waals surface area contributed by atoms with E-state index in [9.17, 15) is 0 Å². The van der Waals surface area contributed by atoms with E-state index in [0.717, 1.165) is 49.9 Å². The zero-order valence-corrected chi connectivity index (χ0v) is 24.4. The Labute approximate surface area is 258 Å². The maximum Gasteiger partial charge on any atom is 0.143 e. The van der Waals surface area contributed by atoms with E-state index in [1.807, 2.05) is 12.1 Å². The number of aliphatic imine (C=N–C) groups is 1. The molecule has 212 valence electrons. The third kappa shape index (κ3) is 3.51.